The fourth-order valence-electron chi connectivity index (χ4n) is 3.49. The number of aromatic carboxylic acids is 1. The molecule has 0 fully saturated rings. The lowest BCUT2D eigenvalue weighted by Crippen LogP contribution is -2.08. The molecule has 4 heterocycles. The van der Waals surface area contributed by atoms with Gasteiger partial charge in [0.15, 0.2) is 0 Å². The number of nitrogens with one attached hydrogen (secondary N) is 1. The standard InChI is InChI=1S/C22H19N5O4/c1-27-21-16(11-24-27)18-10-15-17(25-26-19(15)12-23-18)6-5-13-3-4-14(22(28)29)9-20(13)30-7-2-8-31-21/h3-6,9-12H,2,7-8H2,1H3,(H,25,26)(H,28,29)/b6-5+. The van der Waals surface area contributed by atoms with E-state index in [1.807, 2.05) is 25.3 Å². The van der Waals surface area contributed by atoms with Gasteiger partial charge < -0.3 is 14.6 Å². The Morgan fingerprint density at radius 1 is 1.16 bits per heavy atom. The van der Waals surface area contributed by atoms with Crippen molar-refractivity contribution < 1.29 is 19.4 Å². The zero-order chi connectivity index (χ0) is 21.4. The van der Waals surface area contributed by atoms with Crippen LogP contribution in [0.15, 0.2) is 36.7 Å². The third kappa shape index (κ3) is 3.50. The van der Waals surface area contributed by atoms with E-state index in [1.54, 1.807) is 29.2 Å². The summed E-state index contributed by atoms with van der Waals surface area (Å²) >= 11 is 0. The van der Waals surface area contributed by atoms with E-state index in [1.165, 1.54) is 6.07 Å². The molecule has 0 radical (unpaired) electrons. The first kappa shape index (κ1) is 18.9. The summed E-state index contributed by atoms with van der Waals surface area (Å²) in [5, 5.41) is 21.9. The summed E-state index contributed by atoms with van der Waals surface area (Å²) in [6.07, 6.45) is 7.81. The minimum atomic E-state index is -1.00. The van der Waals surface area contributed by atoms with E-state index in [4.69, 9.17) is 9.47 Å². The van der Waals surface area contributed by atoms with E-state index in [0.29, 0.717) is 31.3 Å². The van der Waals surface area contributed by atoms with Gasteiger partial charge in [0.1, 0.15) is 5.75 Å². The number of hydrogen-bond acceptors (Lipinski definition) is 6. The zero-order valence-electron chi connectivity index (χ0n) is 16.7. The van der Waals surface area contributed by atoms with Gasteiger partial charge in [-0.15, -0.1) is 0 Å². The number of aromatic nitrogens is 5. The van der Waals surface area contributed by atoms with Crippen LogP contribution in [0.5, 0.6) is 11.6 Å². The molecule has 1 aromatic carbocycles. The van der Waals surface area contributed by atoms with Gasteiger partial charge in [-0.05, 0) is 30.4 Å². The van der Waals surface area contributed by atoms with Crippen LogP contribution < -0.4 is 9.47 Å². The number of hydrogen-bond donors (Lipinski definition) is 2. The van der Waals surface area contributed by atoms with Crippen molar-refractivity contribution in [2.24, 2.45) is 7.05 Å². The van der Waals surface area contributed by atoms with Crippen LogP contribution in [0.4, 0.5) is 0 Å². The highest BCUT2D eigenvalue weighted by Crippen LogP contribution is 2.31. The van der Waals surface area contributed by atoms with Gasteiger partial charge in [0.2, 0.25) is 5.88 Å². The number of pyridine rings is 1. The minimum Gasteiger partial charge on any atom is -0.493 e. The van der Waals surface area contributed by atoms with Gasteiger partial charge in [-0.2, -0.15) is 10.2 Å². The number of aromatic amines is 1. The smallest absolute Gasteiger partial charge is 0.335 e. The van der Waals surface area contributed by atoms with Crippen LogP contribution in [0.3, 0.4) is 0 Å². The van der Waals surface area contributed by atoms with Gasteiger partial charge >= 0.3 is 5.97 Å². The average Bonchev–Trinajstić information content (AvgIpc) is 3.34. The molecule has 2 bridgehead atoms. The second-order valence-corrected chi connectivity index (χ2v) is 7.15. The first-order valence-electron chi connectivity index (χ1n) is 9.77. The lowest BCUT2D eigenvalue weighted by molar-refractivity contribution is 0.0696. The SMILES string of the molecule is Cn1ncc2c1OCCCOc1cc(C(=O)O)ccc1/C=C/c1n[nH]c3cnc-2cc13. The molecule has 1 aliphatic heterocycles. The number of carboxylic acid groups (broad SMARTS) is 1. The normalized spacial score (nSPS) is 14.6. The average molecular weight is 417 g/mol. The molecule has 3 aromatic heterocycles. The molecule has 5 rings (SSSR count). The van der Waals surface area contributed by atoms with Crippen LogP contribution in [0.2, 0.25) is 0 Å². The third-order valence-corrected chi connectivity index (χ3v) is 5.10. The summed E-state index contributed by atoms with van der Waals surface area (Å²) in [7, 11) is 1.82. The Hall–Kier alpha value is -4.14. The van der Waals surface area contributed by atoms with Gasteiger partial charge in [-0.25, -0.2) is 9.48 Å². The first-order chi connectivity index (χ1) is 15.1. The number of carbonyl (C=O) groups is 1. The van der Waals surface area contributed by atoms with Crippen molar-refractivity contribution in [1.82, 2.24) is 25.0 Å². The van der Waals surface area contributed by atoms with Crippen molar-refractivity contribution in [3.8, 4) is 22.9 Å². The van der Waals surface area contributed by atoms with Gasteiger partial charge in [0.25, 0.3) is 0 Å². The number of rotatable bonds is 1. The maximum atomic E-state index is 11.4. The van der Waals surface area contributed by atoms with Gasteiger partial charge in [0.05, 0.1) is 53.6 Å². The topological polar surface area (TPSA) is 115 Å². The Morgan fingerprint density at radius 3 is 2.90 bits per heavy atom. The Balaban J connectivity index is 1.63. The number of ether oxygens (including phenoxy) is 2. The fraction of sp³-hybridized carbons (Fsp3) is 0.182. The highest BCUT2D eigenvalue weighted by molar-refractivity contribution is 5.92. The van der Waals surface area contributed by atoms with Gasteiger partial charge in [-0.3, -0.25) is 10.1 Å². The summed E-state index contributed by atoms with van der Waals surface area (Å²) in [6, 6.07) is 6.77. The summed E-state index contributed by atoms with van der Waals surface area (Å²) in [5.41, 5.74) is 4.00. The molecule has 0 aliphatic carbocycles. The fourth-order valence-corrected chi connectivity index (χ4v) is 3.49. The zero-order valence-corrected chi connectivity index (χ0v) is 16.7. The summed E-state index contributed by atoms with van der Waals surface area (Å²) in [5.74, 6) is 0.113. The van der Waals surface area contributed by atoms with Gasteiger partial charge in [-0.1, -0.05) is 6.07 Å². The second kappa shape index (κ2) is 7.60. The van der Waals surface area contributed by atoms with Crippen LogP contribution >= 0.6 is 0 Å². The number of benzene rings is 1. The van der Waals surface area contributed by atoms with E-state index < -0.39 is 5.97 Å². The van der Waals surface area contributed by atoms with Gasteiger partial charge in [0, 0.05) is 24.4 Å². The summed E-state index contributed by atoms with van der Waals surface area (Å²) in [4.78, 5) is 15.9. The van der Waals surface area contributed by atoms with Crippen molar-refractivity contribution in [2.75, 3.05) is 13.2 Å². The number of aryl methyl sites for hydroxylation is 1. The number of fused-ring (bicyclic) bond motifs is 4. The highest BCUT2D eigenvalue weighted by Gasteiger charge is 2.16. The van der Waals surface area contributed by atoms with Crippen molar-refractivity contribution in [1.29, 1.82) is 0 Å². The van der Waals surface area contributed by atoms with Crippen molar-refractivity contribution in [3.63, 3.8) is 0 Å². The van der Waals surface area contributed by atoms with E-state index in [0.717, 1.165) is 33.4 Å². The molecular weight excluding hydrogens is 398 g/mol. The summed E-state index contributed by atoms with van der Waals surface area (Å²) < 4.78 is 13.5. The van der Waals surface area contributed by atoms with Crippen LogP contribution in [-0.2, 0) is 7.05 Å². The molecule has 0 atom stereocenters. The molecule has 0 saturated heterocycles. The Kier molecular flexibility index (Phi) is 4.62. The number of carboxylic acids is 1. The lowest BCUT2D eigenvalue weighted by atomic mass is 10.1. The maximum Gasteiger partial charge on any atom is 0.335 e. The van der Waals surface area contributed by atoms with Crippen LogP contribution in [0.1, 0.15) is 28.0 Å². The maximum absolute atomic E-state index is 11.4. The molecule has 31 heavy (non-hydrogen) atoms. The van der Waals surface area contributed by atoms with Crippen molar-refractivity contribution >= 4 is 29.0 Å². The van der Waals surface area contributed by atoms with E-state index in [2.05, 4.69) is 20.3 Å². The quantitative estimate of drug-likeness (QED) is 0.488. The van der Waals surface area contributed by atoms with E-state index in [9.17, 15) is 9.90 Å². The minimum absolute atomic E-state index is 0.168. The largest absolute Gasteiger partial charge is 0.493 e. The Labute approximate surface area is 176 Å². The molecule has 9 nitrogen and oxygen atoms in total. The molecule has 0 amide bonds. The Bertz CT molecular complexity index is 1320. The molecule has 1 aliphatic rings. The molecular formula is C22H19N5O4. The molecule has 0 unspecified atom stereocenters. The molecule has 0 spiro atoms. The molecule has 0 saturated carbocycles. The van der Waals surface area contributed by atoms with E-state index >= 15 is 0 Å². The van der Waals surface area contributed by atoms with Crippen LogP contribution in [-0.4, -0.2) is 49.3 Å². The number of nitrogens with zero attached hydrogens (tertiary/aromatic N) is 4. The molecule has 2 N–H and O–H groups in total. The third-order valence-electron chi connectivity index (χ3n) is 5.10. The molecule has 156 valence electrons. The van der Waals surface area contributed by atoms with Crippen molar-refractivity contribution in [3.05, 3.63) is 53.5 Å². The summed E-state index contributed by atoms with van der Waals surface area (Å²) in [6.45, 7) is 0.783. The monoisotopic (exact) mass is 417 g/mol. The number of H-pyrrole nitrogens is 1. The highest BCUT2D eigenvalue weighted by atomic mass is 16.5. The predicted octanol–water partition coefficient (Wildman–Crippen LogP) is 3.39. The van der Waals surface area contributed by atoms with Crippen LogP contribution in [0.25, 0.3) is 34.3 Å². The Morgan fingerprint density at radius 2 is 2.03 bits per heavy atom. The first-order valence-corrected chi connectivity index (χ1v) is 9.77. The second-order valence-electron chi connectivity index (χ2n) is 7.15. The molecule has 4 aromatic rings. The van der Waals surface area contributed by atoms with E-state index in [-0.39, 0.29) is 5.56 Å². The van der Waals surface area contributed by atoms with Crippen molar-refractivity contribution in [2.45, 2.75) is 6.42 Å². The molecule has 9 heteroatoms. The predicted molar refractivity (Wildman–Crippen MR) is 114 cm³/mol. The van der Waals surface area contributed by atoms with Crippen LogP contribution in [0, 0.1) is 0 Å². The lowest BCUT2D eigenvalue weighted by Gasteiger charge is -2.12.